The maximum atomic E-state index is 5.68. The molecular weight excluding hydrogens is 320 g/mol. The third kappa shape index (κ3) is 3.07. The van der Waals surface area contributed by atoms with Crippen LogP contribution in [0.1, 0.15) is 37.6 Å². The van der Waals surface area contributed by atoms with Gasteiger partial charge in [-0.1, -0.05) is 39.0 Å². The van der Waals surface area contributed by atoms with E-state index in [0.717, 1.165) is 14.5 Å². The normalized spacial score (nSPS) is 11.9. The predicted octanol–water partition coefficient (Wildman–Crippen LogP) is 4.64. The van der Waals surface area contributed by atoms with Gasteiger partial charge in [0.2, 0.25) is 0 Å². The molecule has 19 heavy (non-hydrogen) atoms. The fraction of sp³-hybridized carbons (Fsp3) is 0.400. The smallest absolute Gasteiger partial charge is 0.125 e. The zero-order chi connectivity index (χ0) is 14.2. The van der Waals surface area contributed by atoms with Crippen LogP contribution in [0.15, 0.2) is 22.0 Å². The molecule has 1 aromatic carbocycles. The van der Waals surface area contributed by atoms with Gasteiger partial charge in [0.25, 0.3) is 0 Å². The molecule has 0 amide bonds. The first-order valence-electron chi connectivity index (χ1n) is 6.29. The maximum Gasteiger partial charge on any atom is 0.125 e. The van der Waals surface area contributed by atoms with Crippen molar-refractivity contribution in [1.29, 1.82) is 0 Å². The molecule has 0 fully saturated rings. The Hall–Kier alpha value is -0.710. The Morgan fingerprint density at radius 3 is 2.47 bits per heavy atom. The second-order valence-electron chi connectivity index (χ2n) is 5.72. The Kier molecular flexibility index (Phi) is 4.14. The Labute approximate surface area is 127 Å². The minimum Gasteiger partial charge on any atom is -0.325 e. The number of aromatic nitrogens is 1. The number of hydrogen-bond acceptors (Lipinski definition) is 3. The van der Waals surface area contributed by atoms with Gasteiger partial charge in [-0.3, -0.25) is 0 Å². The number of nitrogens with two attached hydrogens (primary N) is 1. The van der Waals surface area contributed by atoms with E-state index in [-0.39, 0.29) is 5.41 Å². The van der Waals surface area contributed by atoms with Gasteiger partial charge in [0.1, 0.15) is 5.01 Å². The van der Waals surface area contributed by atoms with Gasteiger partial charge in [0.05, 0.1) is 9.48 Å². The maximum absolute atomic E-state index is 5.68. The van der Waals surface area contributed by atoms with E-state index in [1.807, 2.05) is 0 Å². The van der Waals surface area contributed by atoms with E-state index in [0.29, 0.717) is 6.54 Å². The zero-order valence-corrected chi connectivity index (χ0v) is 14.2. The minimum atomic E-state index is 0.176. The molecule has 2 aromatic rings. The van der Waals surface area contributed by atoms with Gasteiger partial charge in [-0.2, -0.15) is 0 Å². The molecule has 1 heterocycles. The van der Waals surface area contributed by atoms with E-state index in [1.54, 1.807) is 11.3 Å². The lowest BCUT2D eigenvalue weighted by Gasteiger charge is -2.20. The SMILES string of the molecule is Cc1cc(C(C)(C)C)ccc1-c1nc(CN)c(Br)s1. The third-order valence-electron chi connectivity index (χ3n) is 3.17. The summed E-state index contributed by atoms with van der Waals surface area (Å²) in [5.74, 6) is 0. The molecule has 2 nitrogen and oxygen atoms in total. The fourth-order valence-electron chi connectivity index (χ4n) is 1.94. The van der Waals surface area contributed by atoms with Crippen LogP contribution in [0.5, 0.6) is 0 Å². The van der Waals surface area contributed by atoms with E-state index in [1.165, 1.54) is 16.7 Å². The van der Waals surface area contributed by atoms with Crippen molar-refractivity contribution in [1.82, 2.24) is 4.98 Å². The molecule has 4 heteroatoms. The fourth-order valence-corrected chi connectivity index (χ4v) is 3.57. The van der Waals surface area contributed by atoms with Crippen molar-refractivity contribution in [2.24, 2.45) is 5.73 Å². The molecule has 0 bridgehead atoms. The Morgan fingerprint density at radius 2 is 2.00 bits per heavy atom. The summed E-state index contributed by atoms with van der Waals surface area (Å²) in [5.41, 5.74) is 10.6. The Bertz CT molecular complexity index is 597. The highest BCUT2D eigenvalue weighted by molar-refractivity contribution is 9.11. The molecule has 0 radical (unpaired) electrons. The van der Waals surface area contributed by atoms with Crippen LogP contribution in [-0.2, 0) is 12.0 Å². The number of rotatable bonds is 2. The molecule has 2 rings (SSSR count). The molecular formula is C15H19BrN2S. The van der Waals surface area contributed by atoms with Crippen LogP contribution >= 0.6 is 27.3 Å². The van der Waals surface area contributed by atoms with Crippen molar-refractivity contribution in [2.45, 2.75) is 39.7 Å². The highest BCUT2D eigenvalue weighted by atomic mass is 79.9. The standard InChI is InChI=1S/C15H19BrN2S/c1-9-7-10(15(2,3)4)5-6-11(9)14-18-12(8-17)13(16)19-14/h5-7H,8,17H2,1-4H3. The van der Waals surface area contributed by atoms with Crippen molar-refractivity contribution >= 4 is 27.3 Å². The summed E-state index contributed by atoms with van der Waals surface area (Å²) in [6.45, 7) is 9.30. The Balaban J connectivity index is 2.46. The average molecular weight is 339 g/mol. The van der Waals surface area contributed by atoms with Crippen LogP contribution in [0.4, 0.5) is 0 Å². The molecule has 0 atom stereocenters. The van der Waals surface area contributed by atoms with E-state index < -0.39 is 0 Å². The largest absolute Gasteiger partial charge is 0.325 e. The summed E-state index contributed by atoms with van der Waals surface area (Å²) in [6, 6.07) is 6.62. The van der Waals surface area contributed by atoms with Crippen LogP contribution in [-0.4, -0.2) is 4.98 Å². The van der Waals surface area contributed by atoms with Gasteiger partial charge >= 0.3 is 0 Å². The first kappa shape index (κ1) is 14.7. The number of benzene rings is 1. The molecule has 0 aliphatic heterocycles. The van der Waals surface area contributed by atoms with Crippen LogP contribution in [0.3, 0.4) is 0 Å². The molecule has 102 valence electrons. The molecule has 0 saturated heterocycles. The quantitative estimate of drug-likeness (QED) is 0.866. The number of aryl methyl sites for hydroxylation is 1. The minimum absolute atomic E-state index is 0.176. The Morgan fingerprint density at radius 1 is 1.32 bits per heavy atom. The van der Waals surface area contributed by atoms with E-state index >= 15 is 0 Å². The molecule has 0 aliphatic rings. The van der Waals surface area contributed by atoms with Crippen LogP contribution in [0.2, 0.25) is 0 Å². The zero-order valence-electron chi connectivity index (χ0n) is 11.7. The molecule has 0 unspecified atom stereocenters. The van der Waals surface area contributed by atoms with Gasteiger partial charge in [0.15, 0.2) is 0 Å². The number of halogens is 1. The van der Waals surface area contributed by atoms with Gasteiger partial charge in [-0.05, 0) is 39.4 Å². The molecule has 0 aliphatic carbocycles. The molecule has 0 saturated carbocycles. The van der Waals surface area contributed by atoms with Crippen molar-refractivity contribution < 1.29 is 0 Å². The summed E-state index contributed by atoms with van der Waals surface area (Å²) < 4.78 is 1.03. The van der Waals surface area contributed by atoms with Gasteiger partial charge < -0.3 is 5.73 Å². The monoisotopic (exact) mass is 338 g/mol. The lowest BCUT2D eigenvalue weighted by Crippen LogP contribution is -2.11. The van der Waals surface area contributed by atoms with E-state index in [4.69, 9.17) is 5.73 Å². The van der Waals surface area contributed by atoms with Gasteiger partial charge in [-0.15, -0.1) is 11.3 Å². The topological polar surface area (TPSA) is 38.9 Å². The molecule has 0 spiro atoms. The van der Waals surface area contributed by atoms with Crippen LogP contribution < -0.4 is 5.73 Å². The van der Waals surface area contributed by atoms with Crippen molar-refractivity contribution in [2.75, 3.05) is 0 Å². The van der Waals surface area contributed by atoms with Gasteiger partial charge in [0, 0.05) is 12.1 Å². The summed E-state index contributed by atoms with van der Waals surface area (Å²) >= 11 is 5.17. The van der Waals surface area contributed by atoms with Gasteiger partial charge in [-0.25, -0.2) is 4.98 Å². The van der Waals surface area contributed by atoms with E-state index in [2.05, 4.69) is 66.8 Å². The number of nitrogens with zero attached hydrogens (tertiary/aromatic N) is 1. The van der Waals surface area contributed by atoms with Crippen LogP contribution in [0.25, 0.3) is 10.6 Å². The summed E-state index contributed by atoms with van der Waals surface area (Å²) in [7, 11) is 0. The van der Waals surface area contributed by atoms with Crippen molar-refractivity contribution in [3.8, 4) is 10.6 Å². The van der Waals surface area contributed by atoms with Crippen LogP contribution in [0, 0.1) is 6.92 Å². The lowest BCUT2D eigenvalue weighted by atomic mass is 9.85. The molecule has 1 aromatic heterocycles. The second-order valence-corrected chi connectivity index (χ2v) is 8.04. The third-order valence-corrected chi connectivity index (χ3v) is 5.03. The second kappa shape index (κ2) is 5.35. The number of thiazole rings is 1. The highest BCUT2D eigenvalue weighted by Crippen LogP contribution is 2.35. The summed E-state index contributed by atoms with van der Waals surface area (Å²) in [4.78, 5) is 4.60. The first-order chi connectivity index (χ1) is 8.82. The average Bonchev–Trinajstić information content (AvgIpc) is 2.69. The van der Waals surface area contributed by atoms with Crippen molar-refractivity contribution in [3.05, 3.63) is 38.8 Å². The lowest BCUT2D eigenvalue weighted by molar-refractivity contribution is 0.590. The summed E-state index contributed by atoms with van der Waals surface area (Å²) in [6.07, 6.45) is 0. The first-order valence-corrected chi connectivity index (χ1v) is 7.90. The molecule has 2 N–H and O–H groups in total. The van der Waals surface area contributed by atoms with E-state index in [9.17, 15) is 0 Å². The summed E-state index contributed by atoms with van der Waals surface area (Å²) in [5, 5.41) is 1.03. The number of hydrogen-bond donors (Lipinski definition) is 1. The highest BCUT2D eigenvalue weighted by Gasteiger charge is 2.16. The predicted molar refractivity (Wildman–Crippen MR) is 86.6 cm³/mol. The van der Waals surface area contributed by atoms with Crippen molar-refractivity contribution in [3.63, 3.8) is 0 Å².